The number of carbonyl (C=O) groups excluding carboxylic acids is 1. The lowest BCUT2D eigenvalue weighted by atomic mass is 10.0. The van der Waals surface area contributed by atoms with Crippen LogP contribution in [-0.4, -0.2) is 29.0 Å². The Labute approximate surface area is 162 Å². The third-order valence-electron chi connectivity index (χ3n) is 5.25. The first-order chi connectivity index (χ1) is 13.0. The van der Waals surface area contributed by atoms with Gasteiger partial charge in [0.2, 0.25) is 5.95 Å². The molecule has 27 heavy (non-hydrogen) atoms. The summed E-state index contributed by atoms with van der Waals surface area (Å²) in [5.74, 6) is 1.14. The van der Waals surface area contributed by atoms with Crippen molar-refractivity contribution in [3.8, 4) is 0 Å². The zero-order chi connectivity index (χ0) is 19.4. The average Bonchev–Trinajstić information content (AvgIpc) is 2.67. The first-order valence-corrected chi connectivity index (χ1v) is 10.0. The number of rotatable bonds is 5. The molecule has 1 aliphatic heterocycles. The predicted molar refractivity (Wildman–Crippen MR) is 111 cm³/mol. The van der Waals surface area contributed by atoms with Crippen molar-refractivity contribution in [2.45, 2.75) is 53.4 Å². The Hall–Kier alpha value is -2.43. The van der Waals surface area contributed by atoms with Crippen LogP contribution in [0, 0.1) is 12.8 Å². The number of nitrogens with zero attached hydrogens (tertiary/aromatic N) is 3. The first-order valence-electron chi connectivity index (χ1n) is 10.0. The summed E-state index contributed by atoms with van der Waals surface area (Å²) in [7, 11) is 0. The normalized spacial score (nSPS) is 17.0. The molecular weight excluding hydrogens is 336 g/mol. The Bertz CT molecular complexity index is 796. The van der Waals surface area contributed by atoms with Crippen LogP contribution in [0.3, 0.4) is 0 Å². The van der Waals surface area contributed by atoms with Crippen LogP contribution in [0.1, 0.15) is 60.9 Å². The van der Waals surface area contributed by atoms with Gasteiger partial charge >= 0.3 is 0 Å². The van der Waals surface area contributed by atoms with Crippen LogP contribution in [-0.2, 0) is 12.8 Å². The van der Waals surface area contributed by atoms with E-state index in [-0.39, 0.29) is 5.91 Å². The van der Waals surface area contributed by atoms with Gasteiger partial charge in [0.15, 0.2) is 0 Å². The molecule has 1 unspecified atom stereocenters. The van der Waals surface area contributed by atoms with Crippen LogP contribution in [0.15, 0.2) is 24.3 Å². The molecule has 1 aromatic carbocycles. The van der Waals surface area contributed by atoms with Gasteiger partial charge in [-0.25, -0.2) is 9.97 Å². The molecule has 0 saturated carbocycles. The van der Waals surface area contributed by atoms with E-state index in [1.165, 1.54) is 6.42 Å². The van der Waals surface area contributed by atoms with E-state index >= 15 is 0 Å². The number of piperidine rings is 1. The minimum absolute atomic E-state index is 0.164. The van der Waals surface area contributed by atoms with Crippen molar-refractivity contribution in [2.75, 3.05) is 23.3 Å². The lowest BCUT2D eigenvalue weighted by molar-refractivity contribution is 0.102. The maximum atomic E-state index is 13.0. The first kappa shape index (κ1) is 19.3. The molecule has 0 aliphatic carbocycles. The van der Waals surface area contributed by atoms with Crippen molar-refractivity contribution >= 4 is 17.5 Å². The van der Waals surface area contributed by atoms with Gasteiger partial charge in [-0.1, -0.05) is 39.0 Å². The van der Waals surface area contributed by atoms with E-state index in [1.54, 1.807) is 6.07 Å². The summed E-state index contributed by atoms with van der Waals surface area (Å²) in [5.41, 5.74) is 4.49. The maximum Gasteiger partial charge on any atom is 0.274 e. The second-order valence-electron chi connectivity index (χ2n) is 7.50. The summed E-state index contributed by atoms with van der Waals surface area (Å²) >= 11 is 0. The fourth-order valence-corrected chi connectivity index (χ4v) is 3.76. The molecule has 1 fully saturated rings. The molecule has 0 bridgehead atoms. The molecule has 1 atom stereocenters. The highest BCUT2D eigenvalue weighted by atomic mass is 16.1. The SMILES string of the molecule is CCc1cccc(CC)c1NC(=O)c1cc(C)nc(N2CCCC(C)C2)n1. The molecule has 1 aromatic heterocycles. The van der Waals surface area contributed by atoms with Gasteiger partial charge in [0.05, 0.1) is 0 Å². The van der Waals surface area contributed by atoms with E-state index in [9.17, 15) is 4.79 Å². The second kappa shape index (κ2) is 8.51. The summed E-state index contributed by atoms with van der Waals surface area (Å²) < 4.78 is 0. The number of anilines is 2. The summed E-state index contributed by atoms with van der Waals surface area (Å²) in [6.45, 7) is 10.3. The van der Waals surface area contributed by atoms with E-state index < -0.39 is 0 Å². The van der Waals surface area contributed by atoms with Gasteiger partial charge < -0.3 is 10.2 Å². The Morgan fingerprint density at radius 1 is 1.22 bits per heavy atom. The van der Waals surface area contributed by atoms with Crippen molar-refractivity contribution in [3.05, 3.63) is 46.8 Å². The molecule has 2 heterocycles. The van der Waals surface area contributed by atoms with Crippen LogP contribution in [0.25, 0.3) is 0 Å². The fourth-order valence-electron chi connectivity index (χ4n) is 3.76. The Morgan fingerprint density at radius 3 is 2.56 bits per heavy atom. The van der Waals surface area contributed by atoms with Crippen LogP contribution < -0.4 is 10.2 Å². The minimum atomic E-state index is -0.164. The van der Waals surface area contributed by atoms with Crippen molar-refractivity contribution < 1.29 is 4.79 Å². The van der Waals surface area contributed by atoms with E-state index in [4.69, 9.17) is 0 Å². The number of carbonyl (C=O) groups is 1. The van der Waals surface area contributed by atoms with Crippen LogP contribution in [0.2, 0.25) is 0 Å². The smallest absolute Gasteiger partial charge is 0.274 e. The number of benzene rings is 1. The van der Waals surface area contributed by atoms with Crippen LogP contribution in [0.4, 0.5) is 11.6 Å². The second-order valence-corrected chi connectivity index (χ2v) is 7.50. The number of aromatic nitrogens is 2. The monoisotopic (exact) mass is 366 g/mol. The Kier molecular flexibility index (Phi) is 6.09. The summed E-state index contributed by atoms with van der Waals surface area (Å²) in [6, 6.07) is 7.96. The van der Waals surface area contributed by atoms with E-state index in [0.717, 1.165) is 54.9 Å². The maximum absolute atomic E-state index is 13.0. The molecule has 2 aromatic rings. The zero-order valence-electron chi connectivity index (χ0n) is 16.9. The van der Waals surface area contributed by atoms with Gasteiger partial charge in [0, 0.05) is 24.5 Å². The zero-order valence-corrected chi connectivity index (χ0v) is 16.9. The molecule has 1 aliphatic rings. The molecule has 3 rings (SSSR count). The minimum Gasteiger partial charge on any atom is -0.341 e. The summed E-state index contributed by atoms with van der Waals surface area (Å²) in [6.07, 6.45) is 4.14. The average molecular weight is 367 g/mol. The van der Waals surface area contributed by atoms with Gasteiger partial charge in [0.1, 0.15) is 5.69 Å². The van der Waals surface area contributed by atoms with Crippen molar-refractivity contribution in [1.29, 1.82) is 0 Å². The van der Waals surface area contributed by atoms with Gasteiger partial charge in [-0.2, -0.15) is 0 Å². The number of amides is 1. The van der Waals surface area contributed by atoms with Crippen LogP contribution >= 0.6 is 0 Å². The van der Waals surface area contributed by atoms with Gasteiger partial charge in [-0.3, -0.25) is 4.79 Å². The molecule has 1 N–H and O–H groups in total. The highest BCUT2D eigenvalue weighted by Gasteiger charge is 2.21. The molecule has 0 spiro atoms. The number of hydrogen-bond acceptors (Lipinski definition) is 4. The van der Waals surface area contributed by atoms with Gasteiger partial charge in [-0.15, -0.1) is 0 Å². The molecule has 5 nitrogen and oxygen atoms in total. The third-order valence-corrected chi connectivity index (χ3v) is 5.25. The number of nitrogens with one attached hydrogen (secondary N) is 1. The molecule has 1 amide bonds. The summed E-state index contributed by atoms with van der Waals surface area (Å²) in [5, 5.41) is 3.12. The third kappa shape index (κ3) is 4.46. The molecular formula is C22H30N4O. The van der Waals surface area contributed by atoms with Gasteiger partial charge in [0.25, 0.3) is 5.91 Å². The molecule has 144 valence electrons. The fraction of sp³-hybridized carbons (Fsp3) is 0.500. The van der Waals surface area contributed by atoms with Gasteiger partial charge in [-0.05, 0) is 55.7 Å². The lowest BCUT2D eigenvalue weighted by Gasteiger charge is -2.31. The van der Waals surface area contributed by atoms with Crippen molar-refractivity contribution in [1.82, 2.24) is 9.97 Å². The number of para-hydroxylation sites is 1. The molecule has 5 heteroatoms. The Balaban J connectivity index is 1.87. The van der Waals surface area contributed by atoms with Crippen LogP contribution in [0.5, 0.6) is 0 Å². The quantitative estimate of drug-likeness (QED) is 0.852. The molecule has 0 radical (unpaired) electrons. The lowest BCUT2D eigenvalue weighted by Crippen LogP contribution is -2.36. The number of aryl methyl sites for hydroxylation is 3. The molecule has 1 saturated heterocycles. The van der Waals surface area contributed by atoms with E-state index in [0.29, 0.717) is 17.6 Å². The van der Waals surface area contributed by atoms with E-state index in [2.05, 4.69) is 59.2 Å². The van der Waals surface area contributed by atoms with E-state index in [1.807, 2.05) is 6.92 Å². The highest BCUT2D eigenvalue weighted by molar-refractivity contribution is 6.04. The number of hydrogen-bond donors (Lipinski definition) is 1. The van der Waals surface area contributed by atoms with Crippen molar-refractivity contribution in [2.24, 2.45) is 5.92 Å². The summed E-state index contributed by atoms with van der Waals surface area (Å²) in [4.78, 5) is 24.4. The van der Waals surface area contributed by atoms with Crippen molar-refractivity contribution in [3.63, 3.8) is 0 Å². The largest absolute Gasteiger partial charge is 0.341 e. The standard InChI is InChI=1S/C22H30N4O/c1-5-17-10-7-11-18(6-2)20(17)25-21(27)19-13-16(4)23-22(24-19)26-12-8-9-15(3)14-26/h7,10-11,13,15H,5-6,8-9,12,14H2,1-4H3,(H,25,27). The Morgan fingerprint density at radius 2 is 1.93 bits per heavy atom. The topological polar surface area (TPSA) is 58.1 Å². The highest BCUT2D eigenvalue weighted by Crippen LogP contribution is 2.24. The predicted octanol–water partition coefficient (Wildman–Crippen LogP) is 4.40.